The molecule has 0 aromatic carbocycles. The van der Waals surface area contributed by atoms with E-state index in [9.17, 15) is 4.79 Å². The van der Waals surface area contributed by atoms with Crippen molar-refractivity contribution >= 4 is 5.97 Å². The molecule has 0 aromatic rings. The fourth-order valence-corrected chi connectivity index (χ4v) is 1.87. The molecule has 0 unspecified atom stereocenters. The molecule has 0 spiro atoms. The topological polar surface area (TPSA) is 40.5 Å². The Hall–Kier alpha value is -0.570. The van der Waals surface area contributed by atoms with Crippen molar-refractivity contribution in [3.63, 3.8) is 0 Å². The van der Waals surface area contributed by atoms with Gasteiger partial charge in [-0.1, -0.05) is 0 Å². The van der Waals surface area contributed by atoms with E-state index < -0.39 is 5.97 Å². The number of aliphatic carboxylic acids is 1. The molecule has 0 radical (unpaired) electrons. The molecule has 2 rings (SSSR count). The Kier molecular flexibility index (Phi) is 2.05. The molecule has 2 aliphatic rings. The molecule has 2 fully saturated rings. The summed E-state index contributed by atoms with van der Waals surface area (Å²) in [5.41, 5.74) is 0. The maximum atomic E-state index is 10.3. The Morgan fingerprint density at radius 1 is 1.33 bits per heavy atom. The molecular weight excluding hydrogens is 154 g/mol. The van der Waals surface area contributed by atoms with E-state index in [-0.39, 0.29) is 0 Å². The largest absolute Gasteiger partial charge is 0.481 e. The van der Waals surface area contributed by atoms with Gasteiger partial charge < -0.3 is 10.0 Å². The third kappa shape index (κ3) is 1.97. The fourth-order valence-electron chi connectivity index (χ4n) is 1.87. The van der Waals surface area contributed by atoms with Gasteiger partial charge in [-0.3, -0.25) is 4.79 Å². The molecule has 12 heavy (non-hydrogen) atoms. The molecule has 0 bridgehead atoms. The maximum Gasteiger partial charge on any atom is 0.303 e. The first kappa shape index (κ1) is 8.05. The third-order valence-electron chi connectivity index (χ3n) is 2.71. The zero-order valence-electron chi connectivity index (χ0n) is 7.20. The van der Waals surface area contributed by atoms with Crippen LogP contribution in [0.4, 0.5) is 0 Å². The lowest BCUT2D eigenvalue weighted by Gasteiger charge is -2.38. The molecule has 1 saturated carbocycles. The molecule has 1 saturated heterocycles. The van der Waals surface area contributed by atoms with Gasteiger partial charge in [-0.2, -0.15) is 0 Å². The smallest absolute Gasteiger partial charge is 0.303 e. The number of nitrogens with zero attached hydrogens (tertiary/aromatic N) is 1. The van der Waals surface area contributed by atoms with E-state index in [1.807, 2.05) is 0 Å². The average molecular weight is 169 g/mol. The van der Waals surface area contributed by atoms with Crippen LogP contribution in [0.25, 0.3) is 0 Å². The van der Waals surface area contributed by atoms with E-state index in [1.165, 1.54) is 19.4 Å². The van der Waals surface area contributed by atoms with Crippen molar-refractivity contribution < 1.29 is 9.90 Å². The Labute approximate surface area is 72.4 Å². The fraction of sp³-hybridized carbons (Fsp3) is 0.889. The van der Waals surface area contributed by atoms with Gasteiger partial charge in [-0.25, -0.2) is 0 Å². The van der Waals surface area contributed by atoms with Gasteiger partial charge in [0.2, 0.25) is 0 Å². The summed E-state index contributed by atoms with van der Waals surface area (Å²) in [4.78, 5) is 12.7. The molecular formula is C9H15NO2. The van der Waals surface area contributed by atoms with E-state index in [2.05, 4.69) is 4.90 Å². The zero-order chi connectivity index (χ0) is 8.55. The number of likely N-dealkylation sites (tertiary alicyclic amines) is 1. The first-order chi connectivity index (χ1) is 5.74. The van der Waals surface area contributed by atoms with Gasteiger partial charge in [0.1, 0.15) is 0 Å². The minimum absolute atomic E-state index is 0.362. The second kappa shape index (κ2) is 3.05. The van der Waals surface area contributed by atoms with Crippen LogP contribution in [0.3, 0.4) is 0 Å². The standard InChI is InChI=1S/C9H15NO2/c11-9(12)3-8-5-10(6-8)4-7-1-2-7/h7-8H,1-6H2,(H,11,12). The first-order valence-corrected chi connectivity index (χ1v) is 4.68. The first-order valence-electron chi connectivity index (χ1n) is 4.68. The van der Waals surface area contributed by atoms with Crippen molar-refractivity contribution in [2.45, 2.75) is 19.3 Å². The summed E-state index contributed by atoms with van der Waals surface area (Å²) < 4.78 is 0. The summed E-state index contributed by atoms with van der Waals surface area (Å²) in [6, 6.07) is 0. The van der Waals surface area contributed by atoms with Crippen molar-refractivity contribution in [2.75, 3.05) is 19.6 Å². The molecule has 3 heteroatoms. The van der Waals surface area contributed by atoms with E-state index in [4.69, 9.17) is 5.11 Å². The predicted octanol–water partition coefficient (Wildman–Crippen LogP) is 0.803. The molecule has 1 aliphatic carbocycles. The summed E-state index contributed by atoms with van der Waals surface area (Å²) in [5, 5.41) is 8.51. The Balaban J connectivity index is 1.59. The zero-order valence-corrected chi connectivity index (χ0v) is 7.20. The van der Waals surface area contributed by atoms with Gasteiger partial charge in [0.25, 0.3) is 0 Å². The molecule has 1 N–H and O–H groups in total. The van der Waals surface area contributed by atoms with Gasteiger partial charge in [-0.15, -0.1) is 0 Å². The molecule has 0 atom stereocenters. The van der Waals surface area contributed by atoms with Gasteiger partial charge in [0.05, 0.1) is 6.42 Å². The molecule has 1 aliphatic heterocycles. The molecule has 3 nitrogen and oxygen atoms in total. The van der Waals surface area contributed by atoms with Crippen LogP contribution in [-0.4, -0.2) is 35.6 Å². The number of carbonyl (C=O) groups is 1. The number of hydrogen-bond acceptors (Lipinski definition) is 2. The highest BCUT2D eigenvalue weighted by atomic mass is 16.4. The van der Waals surface area contributed by atoms with Crippen LogP contribution in [0, 0.1) is 11.8 Å². The van der Waals surface area contributed by atoms with Crippen LogP contribution >= 0.6 is 0 Å². The SMILES string of the molecule is O=C(O)CC1CN(CC2CC2)C1. The van der Waals surface area contributed by atoms with Crippen LogP contribution < -0.4 is 0 Å². The van der Waals surface area contributed by atoms with Crippen molar-refractivity contribution in [3.05, 3.63) is 0 Å². The minimum Gasteiger partial charge on any atom is -0.481 e. The van der Waals surface area contributed by atoms with Gasteiger partial charge in [0.15, 0.2) is 0 Å². The van der Waals surface area contributed by atoms with Crippen LogP contribution in [0.5, 0.6) is 0 Å². The maximum absolute atomic E-state index is 10.3. The number of carboxylic acid groups (broad SMARTS) is 1. The van der Waals surface area contributed by atoms with Crippen molar-refractivity contribution in [2.24, 2.45) is 11.8 Å². The second-order valence-electron chi connectivity index (χ2n) is 4.13. The lowest BCUT2D eigenvalue weighted by Crippen LogP contribution is -2.48. The Bertz CT molecular complexity index is 183. The molecule has 68 valence electrons. The molecule has 0 amide bonds. The number of hydrogen-bond donors (Lipinski definition) is 1. The highest BCUT2D eigenvalue weighted by Crippen LogP contribution is 2.32. The summed E-state index contributed by atoms with van der Waals surface area (Å²) in [7, 11) is 0. The summed E-state index contributed by atoms with van der Waals surface area (Å²) in [5.74, 6) is 0.725. The van der Waals surface area contributed by atoms with Crippen LogP contribution in [0.1, 0.15) is 19.3 Å². The monoisotopic (exact) mass is 169 g/mol. The Morgan fingerprint density at radius 3 is 2.50 bits per heavy atom. The van der Waals surface area contributed by atoms with Crippen LogP contribution in [-0.2, 0) is 4.79 Å². The van der Waals surface area contributed by atoms with E-state index in [1.54, 1.807) is 0 Å². The van der Waals surface area contributed by atoms with Crippen molar-refractivity contribution in [3.8, 4) is 0 Å². The van der Waals surface area contributed by atoms with Crippen LogP contribution in [0.15, 0.2) is 0 Å². The lowest BCUT2D eigenvalue weighted by molar-refractivity contribution is -0.139. The highest BCUT2D eigenvalue weighted by Gasteiger charge is 2.32. The minimum atomic E-state index is -0.647. The lowest BCUT2D eigenvalue weighted by atomic mass is 9.96. The molecule has 0 aromatic heterocycles. The summed E-state index contributed by atoms with van der Waals surface area (Å²) in [6.07, 6.45) is 3.14. The Morgan fingerprint density at radius 2 is 2.00 bits per heavy atom. The van der Waals surface area contributed by atoms with Crippen molar-refractivity contribution in [1.82, 2.24) is 4.90 Å². The van der Waals surface area contributed by atoms with E-state index >= 15 is 0 Å². The normalized spacial score (nSPS) is 25.3. The molecule has 1 heterocycles. The summed E-state index contributed by atoms with van der Waals surface area (Å²) in [6.45, 7) is 3.25. The van der Waals surface area contributed by atoms with Gasteiger partial charge in [-0.05, 0) is 24.7 Å². The number of rotatable bonds is 4. The second-order valence-corrected chi connectivity index (χ2v) is 4.13. The average Bonchev–Trinajstić information content (AvgIpc) is 2.65. The van der Waals surface area contributed by atoms with Gasteiger partial charge in [0, 0.05) is 19.6 Å². The highest BCUT2D eigenvalue weighted by molar-refractivity contribution is 5.67. The van der Waals surface area contributed by atoms with Crippen molar-refractivity contribution in [1.29, 1.82) is 0 Å². The van der Waals surface area contributed by atoms with E-state index in [0.29, 0.717) is 12.3 Å². The third-order valence-corrected chi connectivity index (χ3v) is 2.71. The predicted molar refractivity (Wildman–Crippen MR) is 44.9 cm³/mol. The van der Waals surface area contributed by atoms with Gasteiger partial charge >= 0.3 is 5.97 Å². The van der Waals surface area contributed by atoms with Crippen LogP contribution in [0.2, 0.25) is 0 Å². The number of carboxylic acids is 1. The summed E-state index contributed by atoms with van der Waals surface area (Å²) >= 11 is 0. The quantitative estimate of drug-likeness (QED) is 0.676. The van der Waals surface area contributed by atoms with E-state index in [0.717, 1.165) is 19.0 Å².